The summed E-state index contributed by atoms with van der Waals surface area (Å²) in [5.41, 5.74) is 2.91. The third-order valence-electron chi connectivity index (χ3n) is 4.51. The summed E-state index contributed by atoms with van der Waals surface area (Å²) in [4.78, 5) is 23.8. The predicted octanol–water partition coefficient (Wildman–Crippen LogP) is 5.12. The van der Waals surface area contributed by atoms with Crippen molar-refractivity contribution in [1.82, 2.24) is 15.3 Å². The summed E-state index contributed by atoms with van der Waals surface area (Å²) in [6.45, 7) is 12.3. The molecule has 6 heteroatoms. The highest BCUT2D eigenvalue weighted by atomic mass is 32.2. The number of benzene rings is 1. The Morgan fingerprint density at radius 2 is 1.83 bits per heavy atom. The van der Waals surface area contributed by atoms with Gasteiger partial charge in [-0.3, -0.25) is 4.79 Å². The molecule has 5 nitrogen and oxygen atoms in total. The smallest absolute Gasteiger partial charge is 0.251 e. The van der Waals surface area contributed by atoms with Crippen molar-refractivity contribution in [2.75, 3.05) is 25.0 Å². The molecular formula is C23H34N4OS. The van der Waals surface area contributed by atoms with Crippen molar-refractivity contribution in [3.8, 4) is 0 Å². The zero-order chi connectivity index (χ0) is 21.4. The van der Waals surface area contributed by atoms with Gasteiger partial charge in [-0.2, -0.15) is 0 Å². The molecule has 0 spiro atoms. The maximum absolute atomic E-state index is 12.2. The summed E-state index contributed by atoms with van der Waals surface area (Å²) < 4.78 is 0. The van der Waals surface area contributed by atoms with Gasteiger partial charge in [-0.25, -0.2) is 9.97 Å². The maximum atomic E-state index is 12.2. The minimum absolute atomic E-state index is 0.0190. The molecule has 0 aliphatic carbocycles. The van der Waals surface area contributed by atoms with E-state index in [0.29, 0.717) is 23.9 Å². The first-order valence-electron chi connectivity index (χ1n) is 10.4. The molecule has 0 aliphatic rings. The molecule has 0 fully saturated rings. The summed E-state index contributed by atoms with van der Waals surface area (Å²) in [5, 5.41) is 3.75. The van der Waals surface area contributed by atoms with Gasteiger partial charge < -0.3 is 10.2 Å². The Morgan fingerprint density at radius 1 is 1.14 bits per heavy atom. The van der Waals surface area contributed by atoms with Gasteiger partial charge in [0, 0.05) is 43.2 Å². The lowest BCUT2D eigenvalue weighted by molar-refractivity contribution is 0.0949. The lowest BCUT2D eigenvalue weighted by Crippen LogP contribution is -2.27. The van der Waals surface area contributed by atoms with E-state index < -0.39 is 0 Å². The number of carbonyl (C=O) groups excluding carboxylic acids is 1. The third-order valence-corrected chi connectivity index (χ3v) is 5.43. The van der Waals surface area contributed by atoms with Gasteiger partial charge in [0.25, 0.3) is 5.91 Å². The first-order chi connectivity index (χ1) is 13.8. The van der Waals surface area contributed by atoms with Crippen molar-refractivity contribution in [3.05, 3.63) is 47.2 Å². The molecule has 0 atom stereocenters. The second-order valence-corrected chi connectivity index (χ2v) is 9.04. The van der Waals surface area contributed by atoms with E-state index in [2.05, 4.69) is 57.9 Å². The van der Waals surface area contributed by atoms with Gasteiger partial charge in [0.2, 0.25) is 0 Å². The molecule has 0 aliphatic heterocycles. The van der Waals surface area contributed by atoms with E-state index in [9.17, 15) is 4.79 Å². The molecule has 0 radical (unpaired) electrons. The van der Waals surface area contributed by atoms with Crippen LogP contribution in [0, 0.1) is 5.92 Å². The second-order valence-electron chi connectivity index (χ2n) is 8.10. The Bertz CT molecular complexity index is 790. The van der Waals surface area contributed by atoms with Gasteiger partial charge in [0.15, 0.2) is 5.16 Å². The van der Waals surface area contributed by atoms with Crippen LogP contribution in [-0.4, -0.2) is 36.0 Å². The fourth-order valence-electron chi connectivity index (χ4n) is 2.74. The van der Waals surface area contributed by atoms with Crippen molar-refractivity contribution in [1.29, 1.82) is 0 Å². The van der Waals surface area contributed by atoms with Crippen LogP contribution in [0.15, 0.2) is 35.5 Å². The summed E-state index contributed by atoms with van der Waals surface area (Å²) in [7, 11) is 2.08. The number of thioether (sulfide) groups is 1. The van der Waals surface area contributed by atoms with Crippen LogP contribution >= 0.6 is 11.8 Å². The predicted molar refractivity (Wildman–Crippen MR) is 123 cm³/mol. The minimum Gasteiger partial charge on any atom is -0.360 e. The molecule has 1 amide bonds. The summed E-state index contributed by atoms with van der Waals surface area (Å²) >= 11 is 1.63. The molecule has 1 N–H and O–H groups in total. The monoisotopic (exact) mass is 414 g/mol. The molecule has 2 aromatic rings. The molecule has 1 aromatic carbocycles. The molecule has 0 unspecified atom stereocenters. The number of aromatic nitrogens is 2. The molecule has 0 saturated carbocycles. The topological polar surface area (TPSA) is 58.1 Å². The first-order valence-corrected chi connectivity index (χ1v) is 11.4. The van der Waals surface area contributed by atoms with Crippen LogP contribution in [0.4, 0.5) is 5.82 Å². The van der Waals surface area contributed by atoms with Gasteiger partial charge in [-0.1, -0.05) is 58.5 Å². The van der Waals surface area contributed by atoms with Crippen molar-refractivity contribution in [3.63, 3.8) is 0 Å². The quantitative estimate of drug-likeness (QED) is 0.432. The molecule has 1 aromatic heterocycles. The van der Waals surface area contributed by atoms with Crippen molar-refractivity contribution >= 4 is 23.5 Å². The average molecular weight is 415 g/mol. The number of hydrogen-bond acceptors (Lipinski definition) is 5. The molecule has 2 rings (SSSR count). The highest BCUT2D eigenvalue weighted by Crippen LogP contribution is 2.25. The van der Waals surface area contributed by atoms with Crippen LogP contribution < -0.4 is 10.2 Å². The normalized spacial score (nSPS) is 11.2. The number of nitrogens with one attached hydrogen (secondary N) is 1. The van der Waals surface area contributed by atoms with Crippen LogP contribution in [0.2, 0.25) is 0 Å². The van der Waals surface area contributed by atoms with E-state index in [1.165, 1.54) is 0 Å². The van der Waals surface area contributed by atoms with Crippen LogP contribution in [0.1, 0.15) is 68.6 Å². The number of carbonyl (C=O) groups is 1. The lowest BCUT2D eigenvalue weighted by atomic mass is 10.1. The Balaban J connectivity index is 2.05. The van der Waals surface area contributed by atoms with Crippen LogP contribution in [-0.2, 0) is 5.75 Å². The summed E-state index contributed by atoms with van der Waals surface area (Å²) in [5.74, 6) is 2.53. The number of nitrogens with zero attached hydrogens (tertiary/aromatic N) is 3. The molecular weight excluding hydrogens is 380 g/mol. The zero-order valence-electron chi connectivity index (χ0n) is 18.5. The SMILES string of the molecule is CCCN(C)c1cc(C(C)C)nc(SCc2ccc(C(=O)NCC(C)C)cc2)n1. The fraction of sp³-hybridized carbons (Fsp3) is 0.522. The lowest BCUT2D eigenvalue weighted by Gasteiger charge is -2.19. The van der Waals surface area contributed by atoms with E-state index in [-0.39, 0.29) is 5.91 Å². The van der Waals surface area contributed by atoms with Gasteiger partial charge >= 0.3 is 0 Å². The van der Waals surface area contributed by atoms with E-state index in [4.69, 9.17) is 9.97 Å². The Morgan fingerprint density at radius 3 is 2.41 bits per heavy atom. The van der Waals surface area contributed by atoms with Crippen molar-refractivity contribution in [2.45, 2.75) is 57.9 Å². The molecule has 158 valence electrons. The number of hydrogen-bond donors (Lipinski definition) is 1. The van der Waals surface area contributed by atoms with Gasteiger partial charge in [0.05, 0.1) is 0 Å². The van der Waals surface area contributed by atoms with Crippen molar-refractivity contribution in [2.24, 2.45) is 5.92 Å². The van der Waals surface area contributed by atoms with Gasteiger partial charge in [0.1, 0.15) is 5.82 Å². The molecule has 0 saturated heterocycles. The second kappa shape index (κ2) is 11.2. The number of amides is 1. The summed E-state index contributed by atoms with van der Waals surface area (Å²) in [6.07, 6.45) is 1.08. The van der Waals surface area contributed by atoms with E-state index in [1.54, 1.807) is 11.8 Å². The number of anilines is 1. The van der Waals surface area contributed by atoms with Crippen LogP contribution in [0.3, 0.4) is 0 Å². The zero-order valence-corrected chi connectivity index (χ0v) is 19.3. The largest absolute Gasteiger partial charge is 0.360 e. The Kier molecular flexibility index (Phi) is 8.96. The standard InChI is InChI=1S/C23H34N4OS/c1-7-12-27(6)21-13-20(17(4)5)25-23(26-21)29-15-18-8-10-19(11-9-18)22(28)24-14-16(2)3/h8-11,13,16-17H,7,12,14-15H2,1-6H3,(H,24,28). The van der Waals surface area contributed by atoms with E-state index in [1.807, 2.05) is 24.3 Å². The minimum atomic E-state index is -0.0190. The molecule has 29 heavy (non-hydrogen) atoms. The average Bonchev–Trinajstić information content (AvgIpc) is 2.70. The number of rotatable bonds is 10. The summed E-state index contributed by atoms with van der Waals surface area (Å²) in [6, 6.07) is 9.88. The van der Waals surface area contributed by atoms with Gasteiger partial charge in [-0.15, -0.1) is 0 Å². The highest BCUT2D eigenvalue weighted by molar-refractivity contribution is 7.98. The first kappa shape index (κ1) is 23.2. The van der Waals surface area contributed by atoms with E-state index in [0.717, 1.165) is 41.0 Å². The molecule has 1 heterocycles. The fourth-order valence-corrected chi connectivity index (χ4v) is 3.55. The van der Waals surface area contributed by atoms with Crippen LogP contribution in [0.25, 0.3) is 0 Å². The highest BCUT2D eigenvalue weighted by Gasteiger charge is 2.12. The Labute approximate surface area is 179 Å². The third kappa shape index (κ3) is 7.35. The maximum Gasteiger partial charge on any atom is 0.251 e. The van der Waals surface area contributed by atoms with E-state index >= 15 is 0 Å². The molecule has 0 bridgehead atoms. The van der Waals surface area contributed by atoms with Gasteiger partial charge in [-0.05, 0) is 36.0 Å². The van der Waals surface area contributed by atoms with Crippen LogP contribution in [0.5, 0.6) is 0 Å². The Hall–Kier alpha value is -2.08. The van der Waals surface area contributed by atoms with Crippen molar-refractivity contribution < 1.29 is 4.79 Å².